The summed E-state index contributed by atoms with van der Waals surface area (Å²) in [6.07, 6.45) is 2.53. The summed E-state index contributed by atoms with van der Waals surface area (Å²) in [5.74, 6) is 2.34. The Bertz CT molecular complexity index is 1540. The number of ether oxygens (including phenoxy) is 2. The summed E-state index contributed by atoms with van der Waals surface area (Å²) in [4.78, 5) is 36.9. The Labute approximate surface area is 224 Å². The summed E-state index contributed by atoms with van der Waals surface area (Å²) in [5.41, 5.74) is 3.33. The molecule has 2 saturated heterocycles. The van der Waals surface area contributed by atoms with Crippen molar-refractivity contribution in [2.45, 2.75) is 39.7 Å². The number of amides is 1. The monoisotopic (exact) mass is 533 g/mol. The van der Waals surface area contributed by atoms with Gasteiger partial charge in [-0.2, -0.15) is 9.97 Å². The zero-order valence-corrected chi connectivity index (χ0v) is 22.9. The van der Waals surface area contributed by atoms with Crippen LogP contribution in [0.4, 0.5) is 10.6 Å². The number of nitrogens with zero attached hydrogens (tertiary/aromatic N) is 7. The van der Waals surface area contributed by atoms with Crippen LogP contribution in [-0.2, 0) is 15.9 Å². The first-order chi connectivity index (χ1) is 18.3. The number of imidazole rings is 1. The van der Waals surface area contributed by atoms with Gasteiger partial charge in [-0.1, -0.05) is 30.4 Å². The molecule has 0 aliphatic carbocycles. The van der Waals surface area contributed by atoms with Crippen molar-refractivity contribution >= 4 is 50.7 Å². The lowest BCUT2D eigenvalue weighted by atomic mass is 10.1. The number of carbonyl (C=O) groups excluding carboxylic acids is 1. The predicted octanol–water partition coefficient (Wildman–Crippen LogP) is 4.46. The molecule has 1 aromatic carbocycles. The van der Waals surface area contributed by atoms with Crippen molar-refractivity contribution in [3.8, 4) is 5.95 Å². The van der Waals surface area contributed by atoms with Gasteiger partial charge < -0.3 is 19.3 Å². The zero-order valence-electron chi connectivity index (χ0n) is 22.1. The molecule has 0 unspecified atom stereocenters. The van der Waals surface area contributed by atoms with Crippen molar-refractivity contribution in [1.29, 1.82) is 0 Å². The van der Waals surface area contributed by atoms with E-state index < -0.39 is 5.60 Å². The van der Waals surface area contributed by atoms with Gasteiger partial charge in [0.2, 0.25) is 5.95 Å². The summed E-state index contributed by atoms with van der Waals surface area (Å²) in [7, 11) is 0. The summed E-state index contributed by atoms with van der Waals surface area (Å²) in [5, 5.41) is 0.853. The number of morpholine rings is 1. The molecule has 4 aromatic rings. The van der Waals surface area contributed by atoms with E-state index in [0.717, 1.165) is 63.1 Å². The molecule has 2 aliphatic rings. The molecule has 6 rings (SSSR count). The predicted molar refractivity (Wildman–Crippen MR) is 148 cm³/mol. The molecule has 2 fully saturated rings. The molecule has 5 heterocycles. The molecule has 0 radical (unpaired) electrons. The quantitative estimate of drug-likeness (QED) is 0.379. The van der Waals surface area contributed by atoms with Gasteiger partial charge >= 0.3 is 6.09 Å². The zero-order chi connectivity index (χ0) is 26.4. The van der Waals surface area contributed by atoms with Crippen LogP contribution in [0.1, 0.15) is 38.5 Å². The van der Waals surface area contributed by atoms with Crippen molar-refractivity contribution in [1.82, 2.24) is 29.4 Å². The Hall–Kier alpha value is -3.57. The minimum Gasteiger partial charge on any atom is -0.444 e. The maximum atomic E-state index is 12.3. The molecule has 3 aromatic heterocycles. The number of hydrogen-bond acceptors (Lipinski definition) is 9. The minimum atomic E-state index is -0.506. The first-order valence-corrected chi connectivity index (χ1v) is 13.8. The molecule has 0 saturated carbocycles. The highest BCUT2D eigenvalue weighted by Gasteiger charge is 2.30. The van der Waals surface area contributed by atoms with E-state index in [0.29, 0.717) is 32.3 Å². The van der Waals surface area contributed by atoms with E-state index >= 15 is 0 Å². The second-order valence-electron chi connectivity index (χ2n) is 10.5. The van der Waals surface area contributed by atoms with Gasteiger partial charge in [-0.3, -0.25) is 4.57 Å². The van der Waals surface area contributed by atoms with E-state index in [4.69, 9.17) is 29.4 Å². The molecule has 0 N–H and O–H groups in total. The molecule has 10 nitrogen and oxygen atoms in total. The van der Waals surface area contributed by atoms with Gasteiger partial charge in [0.1, 0.15) is 21.9 Å². The summed E-state index contributed by atoms with van der Waals surface area (Å²) in [6.45, 7) is 11.6. The van der Waals surface area contributed by atoms with Crippen LogP contribution in [0.3, 0.4) is 0 Å². The van der Waals surface area contributed by atoms with Crippen LogP contribution in [0, 0.1) is 0 Å². The third-order valence-electron chi connectivity index (χ3n) is 6.47. The third kappa shape index (κ3) is 4.71. The second-order valence-corrected chi connectivity index (χ2v) is 11.5. The van der Waals surface area contributed by atoms with Crippen LogP contribution in [0.15, 0.2) is 29.8 Å². The number of aromatic nitrogens is 5. The Balaban J connectivity index is 1.38. The molecule has 1 amide bonds. The molecule has 0 spiro atoms. The summed E-state index contributed by atoms with van der Waals surface area (Å²) < 4.78 is 13.1. The largest absolute Gasteiger partial charge is 0.444 e. The highest BCUT2D eigenvalue weighted by atomic mass is 32.1. The van der Waals surface area contributed by atoms with Crippen molar-refractivity contribution in [3.63, 3.8) is 0 Å². The van der Waals surface area contributed by atoms with Crippen molar-refractivity contribution in [3.05, 3.63) is 40.7 Å². The van der Waals surface area contributed by atoms with Crippen LogP contribution in [0.5, 0.6) is 0 Å². The second kappa shape index (κ2) is 9.63. The van der Waals surface area contributed by atoms with Crippen LogP contribution < -0.4 is 4.90 Å². The third-order valence-corrected chi connectivity index (χ3v) is 7.37. The lowest BCUT2D eigenvalue weighted by Crippen LogP contribution is -2.46. The minimum absolute atomic E-state index is 0.289. The normalized spacial score (nSPS) is 16.3. The summed E-state index contributed by atoms with van der Waals surface area (Å²) in [6, 6.07) is 8.08. The van der Waals surface area contributed by atoms with Crippen LogP contribution in [0.2, 0.25) is 0 Å². The fourth-order valence-electron chi connectivity index (χ4n) is 4.67. The average molecular weight is 534 g/mol. The Morgan fingerprint density at radius 1 is 1.11 bits per heavy atom. The van der Waals surface area contributed by atoms with Gasteiger partial charge in [0.15, 0.2) is 10.6 Å². The van der Waals surface area contributed by atoms with E-state index in [2.05, 4.69) is 28.5 Å². The Kier molecular flexibility index (Phi) is 6.27. The van der Waals surface area contributed by atoms with E-state index in [1.54, 1.807) is 4.90 Å². The van der Waals surface area contributed by atoms with E-state index in [9.17, 15) is 4.79 Å². The number of hydrogen-bond donors (Lipinski definition) is 0. The topological polar surface area (TPSA) is 98.5 Å². The van der Waals surface area contributed by atoms with Crippen LogP contribution in [-0.4, -0.2) is 80.5 Å². The van der Waals surface area contributed by atoms with Gasteiger partial charge in [0.25, 0.3) is 0 Å². The van der Waals surface area contributed by atoms with Gasteiger partial charge in [-0.25, -0.2) is 14.8 Å². The van der Waals surface area contributed by atoms with Crippen molar-refractivity contribution in [2.75, 3.05) is 44.3 Å². The highest BCUT2D eigenvalue weighted by Crippen LogP contribution is 2.33. The van der Waals surface area contributed by atoms with E-state index in [1.165, 1.54) is 11.3 Å². The average Bonchev–Trinajstić information content (AvgIpc) is 3.45. The number of aryl methyl sites for hydroxylation is 1. The molecule has 198 valence electrons. The first kappa shape index (κ1) is 24.7. The SMILES string of the molecule is CCc1nc2ccccc2n1-c1nc(N2CCOCC2)c2nc(C=C3CN(C(=O)OC(C)(C)C)C3)sc2n1. The van der Waals surface area contributed by atoms with Crippen molar-refractivity contribution in [2.24, 2.45) is 0 Å². The Morgan fingerprint density at radius 3 is 2.61 bits per heavy atom. The number of carbonyl (C=O) groups is 1. The number of para-hydroxylation sites is 2. The lowest BCUT2D eigenvalue weighted by molar-refractivity contribution is 0.0216. The molecule has 38 heavy (non-hydrogen) atoms. The number of benzene rings is 1. The van der Waals surface area contributed by atoms with Gasteiger partial charge in [0, 0.05) is 32.6 Å². The highest BCUT2D eigenvalue weighted by molar-refractivity contribution is 7.19. The maximum Gasteiger partial charge on any atom is 0.410 e. The first-order valence-electron chi connectivity index (χ1n) is 12.9. The smallest absolute Gasteiger partial charge is 0.410 e. The molecule has 0 bridgehead atoms. The number of thiazole rings is 1. The molecule has 11 heteroatoms. The van der Waals surface area contributed by atoms with Gasteiger partial charge in [0.05, 0.1) is 24.2 Å². The van der Waals surface area contributed by atoms with Crippen LogP contribution >= 0.6 is 11.3 Å². The van der Waals surface area contributed by atoms with Crippen molar-refractivity contribution < 1.29 is 14.3 Å². The van der Waals surface area contributed by atoms with Gasteiger partial charge in [-0.15, -0.1) is 0 Å². The number of fused-ring (bicyclic) bond motifs is 2. The maximum absolute atomic E-state index is 12.3. The van der Waals surface area contributed by atoms with Crippen LogP contribution in [0.25, 0.3) is 33.4 Å². The molecule has 0 atom stereocenters. The number of anilines is 1. The Morgan fingerprint density at radius 2 is 1.87 bits per heavy atom. The fraction of sp³-hybridized carbons (Fsp3) is 0.444. The van der Waals surface area contributed by atoms with E-state index in [1.807, 2.05) is 39.0 Å². The van der Waals surface area contributed by atoms with Gasteiger partial charge in [-0.05, 0) is 44.6 Å². The number of rotatable bonds is 4. The summed E-state index contributed by atoms with van der Waals surface area (Å²) >= 11 is 1.54. The molecular formula is C27H31N7O3S. The standard InChI is InChI=1S/C27H31N7O3S/c1-5-20-28-18-8-6-7-9-19(18)34(20)25-30-23(32-10-12-36-13-11-32)22-24(31-25)38-21(29-22)14-17-15-33(16-17)26(35)37-27(2,3)4/h6-9,14H,5,10-13,15-16H2,1-4H3. The molecule has 2 aliphatic heterocycles. The number of likely N-dealkylation sites (tertiary alicyclic amines) is 1. The fourth-order valence-corrected chi connectivity index (χ4v) is 5.59. The molecular weight excluding hydrogens is 502 g/mol. The lowest BCUT2D eigenvalue weighted by Gasteiger charge is -2.35. The van der Waals surface area contributed by atoms with E-state index in [-0.39, 0.29) is 6.09 Å².